The average Bonchev–Trinajstić information content (AvgIpc) is 3.13. The molecule has 162 valence electrons. The number of carbonyl (C=O) groups is 1. The van der Waals surface area contributed by atoms with Gasteiger partial charge in [-0.2, -0.15) is 0 Å². The van der Waals surface area contributed by atoms with Gasteiger partial charge in [0.1, 0.15) is 12.4 Å². The van der Waals surface area contributed by atoms with Crippen LogP contribution in [0.15, 0.2) is 76.6 Å². The van der Waals surface area contributed by atoms with Crippen molar-refractivity contribution in [2.75, 3.05) is 7.11 Å². The summed E-state index contributed by atoms with van der Waals surface area (Å²) in [7, 11) is 1.56. The lowest BCUT2D eigenvalue weighted by molar-refractivity contribution is -0.115. The van der Waals surface area contributed by atoms with E-state index in [9.17, 15) is 9.18 Å². The summed E-state index contributed by atoms with van der Waals surface area (Å²) >= 11 is 7.12. The number of rotatable bonds is 6. The van der Waals surface area contributed by atoms with Crippen LogP contribution in [-0.2, 0) is 11.4 Å². The van der Waals surface area contributed by atoms with Crippen LogP contribution in [0.25, 0.3) is 6.08 Å². The van der Waals surface area contributed by atoms with Crippen molar-refractivity contribution in [1.29, 1.82) is 0 Å². The van der Waals surface area contributed by atoms with Gasteiger partial charge in [-0.25, -0.2) is 9.38 Å². The number of benzene rings is 3. The summed E-state index contributed by atoms with van der Waals surface area (Å²) in [4.78, 5) is 17.2. The van der Waals surface area contributed by atoms with Crippen LogP contribution < -0.4 is 14.8 Å². The molecule has 3 aromatic rings. The quantitative estimate of drug-likeness (QED) is 0.453. The monoisotopic (exact) mass is 468 g/mol. The molecule has 32 heavy (non-hydrogen) atoms. The third kappa shape index (κ3) is 5.49. The Hall–Kier alpha value is -3.29. The lowest BCUT2D eigenvalue weighted by Crippen LogP contribution is -2.19. The highest BCUT2D eigenvalue weighted by Crippen LogP contribution is 2.32. The van der Waals surface area contributed by atoms with Crippen molar-refractivity contribution in [3.63, 3.8) is 0 Å². The van der Waals surface area contributed by atoms with Crippen molar-refractivity contribution in [1.82, 2.24) is 5.32 Å². The molecule has 0 aliphatic carbocycles. The van der Waals surface area contributed by atoms with Crippen molar-refractivity contribution in [2.45, 2.75) is 6.61 Å². The van der Waals surface area contributed by atoms with Crippen LogP contribution in [-0.4, -0.2) is 18.2 Å². The summed E-state index contributed by atoms with van der Waals surface area (Å²) < 4.78 is 24.4. The predicted octanol–water partition coefficient (Wildman–Crippen LogP) is 5.96. The van der Waals surface area contributed by atoms with Crippen molar-refractivity contribution < 1.29 is 18.7 Å². The molecule has 1 fully saturated rings. The number of halogens is 2. The minimum Gasteiger partial charge on any atom is -0.493 e. The second-order valence-electron chi connectivity index (χ2n) is 6.78. The van der Waals surface area contributed by atoms with Crippen LogP contribution >= 0.6 is 23.4 Å². The molecule has 1 N–H and O–H groups in total. The molecule has 0 saturated carbocycles. The third-order valence-electron chi connectivity index (χ3n) is 4.50. The minimum atomic E-state index is -0.341. The Morgan fingerprint density at radius 2 is 1.81 bits per heavy atom. The number of hydrogen-bond acceptors (Lipinski definition) is 5. The number of nitrogens with one attached hydrogen (secondary N) is 1. The Bertz CT molecular complexity index is 1190. The maximum absolute atomic E-state index is 13.0. The molecule has 5 nitrogen and oxygen atoms in total. The molecular formula is C24H18ClFN2O3S. The van der Waals surface area contributed by atoms with E-state index in [-0.39, 0.29) is 11.7 Å². The number of aliphatic imine (C=N–C) groups is 1. The Balaban J connectivity index is 1.47. The fourth-order valence-electron chi connectivity index (χ4n) is 2.90. The molecule has 0 spiro atoms. The van der Waals surface area contributed by atoms with Crippen LogP contribution in [0, 0.1) is 5.82 Å². The van der Waals surface area contributed by atoms with E-state index in [1.165, 1.54) is 23.9 Å². The zero-order valence-electron chi connectivity index (χ0n) is 17.0. The van der Waals surface area contributed by atoms with E-state index < -0.39 is 0 Å². The van der Waals surface area contributed by atoms with E-state index in [2.05, 4.69) is 10.3 Å². The molecule has 8 heteroatoms. The van der Waals surface area contributed by atoms with Gasteiger partial charge < -0.3 is 14.8 Å². The largest absolute Gasteiger partial charge is 0.493 e. The van der Waals surface area contributed by atoms with Gasteiger partial charge in [0.05, 0.1) is 17.7 Å². The van der Waals surface area contributed by atoms with Gasteiger partial charge in [-0.15, -0.1) is 0 Å². The Labute approximate surface area is 193 Å². The Morgan fingerprint density at radius 3 is 2.53 bits per heavy atom. The van der Waals surface area contributed by atoms with Crippen LogP contribution in [0.2, 0.25) is 5.02 Å². The van der Waals surface area contributed by atoms with Crippen molar-refractivity contribution in [3.05, 3.63) is 93.6 Å². The van der Waals surface area contributed by atoms with E-state index in [4.69, 9.17) is 21.1 Å². The van der Waals surface area contributed by atoms with E-state index in [0.717, 1.165) is 11.1 Å². The minimum absolute atomic E-state index is 0.252. The summed E-state index contributed by atoms with van der Waals surface area (Å²) in [5.74, 6) is 0.550. The summed E-state index contributed by atoms with van der Waals surface area (Å²) in [6.45, 7) is 0.370. The molecule has 1 heterocycles. The van der Waals surface area contributed by atoms with Gasteiger partial charge in [-0.3, -0.25) is 4.79 Å². The van der Waals surface area contributed by atoms with E-state index >= 15 is 0 Å². The van der Waals surface area contributed by atoms with Gasteiger partial charge in [-0.1, -0.05) is 29.8 Å². The zero-order chi connectivity index (χ0) is 22.5. The number of amidine groups is 1. The molecule has 0 bridgehead atoms. The first-order valence-corrected chi connectivity index (χ1v) is 10.8. The number of thioether (sulfide) groups is 1. The summed E-state index contributed by atoms with van der Waals surface area (Å²) in [6.07, 6.45) is 1.75. The number of amides is 1. The average molecular weight is 469 g/mol. The Kier molecular flexibility index (Phi) is 6.78. The molecule has 1 saturated heterocycles. The van der Waals surface area contributed by atoms with Gasteiger partial charge in [0.15, 0.2) is 16.7 Å². The number of ether oxygens (including phenoxy) is 2. The van der Waals surface area contributed by atoms with Gasteiger partial charge in [0.2, 0.25) is 0 Å². The first-order chi connectivity index (χ1) is 15.5. The highest BCUT2D eigenvalue weighted by Gasteiger charge is 2.24. The lowest BCUT2D eigenvalue weighted by Gasteiger charge is -2.11. The summed E-state index contributed by atoms with van der Waals surface area (Å²) in [5, 5.41) is 3.82. The number of hydrogen-bond donors (Lipinski definition) is 1. The molecule has 1 aliphatic heterocycles. The second kappa shape index (κ2) is 9.89. The van der Waals surface area contributed by atoms with Gasteiger partial charge >= 0.3 is 0 Å². The molecule has 3 aromatic carbocycles. The fraction of sp³-hybridized carbons (Fsp3) is 0.0833. The molecular weight excluding hydrogens is 451 g/mol. The maximum Gasteiger partial charge on any atom is 0.264 e. The molecule has 1 aliphatic rings. The summed E-state index contributed by atoms with van der Waals surface area (Å²) in [5.41, 5.74) is 2.32. The van der Waals surface area contributed by atoms with Gasteiger partial charge in [-0.05, 0) is 77.5 Å². The first kappa shape index (κ1) is 21.9. The van der Waals surface area contributed by atoms with E-state index in [1.54, 1.807) is 37.5 Å². The van der Waals surface area contributed by atoms with E-state index in [0.29, 0.717) is 38.9 Å². The number of methoxy groups -OCH3 is 1. The predicted molar refractivity (Wildman–Crippen MR) is 126 cm³/mol. The van der Waals surface area contributed by atoms with Crippen molar-refractivity contribution >= 4 is 46.2 Å². The lowest BCUT2D eigenvalue weighted by atomic mass is 10.2. The smallest absolute Gasteiger partial charge is 0.264 e. The number of carbonyl (C=O) groups excluding carboxylic acids is 1. The number of nitrogens with zero attached hydrogens (tertiary/aromatic N) is 1. The third-order valence-corrected chi connectivity index (χ3v) is 5.66. The highest BCUT2D eigenvalue weighted by molar-refractivity contribution is 8.18. The standard InChI is InChI=1S/C24H18ClFN2O3S/c1-30-21-12-16(4-11-20(21)31-14-15-2-5-17(25)6-3-15)13-22-23(29)28-24(32-22)27-19-9-7-18(26)8-10-19/h2-13H,14H2,1H3,(H,27,28,29). The SMILES string of the molecule is COc1cc(C=C2SC(=Nc3ccc(F)cc3)NC2=O)ccc1OCc1ccc(Cl)cc1. The van der Waals surface area contributed by atoms with Gasteiger partial charge in [0, 0.05) is 5.02 Å². The van der Waals surface area contributed by atoms with E-state index in [1.807, 2.05) is 30.3 Å². The van der Waals surface area contributed by atoms with Gasteiger partial charge in [0.25, 0.3) is 5.91 Å². The van der Waals surface area contributed by atoms with Crippen molar-refractivity contribution in [2.24, 2.45) is 4.99 Å². The molecule has 1 amide bonds. The zero-order valence-corrected chi connectivity index (χ0v) is 18.5. The highest BCUT2D eigenvalue weighted by atomic mass is 35.5. The topological polar surface area (TPSA) is 59.9 Å². The first-order valence-electron chi connectivity index (χ1n) is 9.60. The normalized spacial score (nSPS) is 15.8. The van der Waals surface area contributed by atoms with Crippen molar-refractivity contribution in [3.8, 4) is 11.5 Å². The molecule has 0 unspecified atom stereocenters. The molecule has 0 radical (unpaired) electrons. The maximum atomic E-state index is 13.0. The van der Waals surface area contributed by atoms with Crippen LogP contribution in [0.4, 0.5) is 10.1 Å². The van der Waals surface area contributed by atoms with Crippen LogP contribution in [0.3, 0.4) is 0 Å². The summed E-state index contributed by atoms with van der Waals surface area (Å²) in [6, 6.07) is 18.6. The molecule has 4 rings (SSSR count). The second-order valence-corrected chi connectivity index (χ2v) is 8.25. The van der Waals surface area contributed by atoms with Crippen LogP contribution in [0.5, 0.6) is 11.5 Å². The molecule has 0 aromatic heterocycles. The Morgan fingerprint density at radius 1 is 1.06 bits per heavy atom. The van der Waals surface area contributed by atoms with Crippen LogP contribution in [0.1, 0.15) is 11.1 Å². The molecule has 0 atom stereocenters. The fourth-order valence-corrected chi connectivity index (χ4v) is 3.87.